The van der Waals surface area contributed by atoms with E-state index in [2.05, 4.69) is 26.5 Å². The summed E-state index contributed by atoms with van der Waals surface area (Å²) in [6.07, 6.45) is 2.86. The first-order valence-electron chi connectivity index (χ1n) is 11.7. The van der Waals surface area contributed by atoms with Gasteiger partial charge in [0.05, 0.1) is 17.9 Å². The number of nitrogens with two attached hydrogens (primary N) is 1. The molecule has 9 heteroatoms. The number of anilines is 2. The first-order valence-corrected chi connectivity index (χ1v) is 13.3. The van der Waals surface area contributed by atoms with Gasteiger partial charge in [0.15, 0.2) is 11.7 Å². The van der Waals surface area contributed by atoms with Gasteiger partial charge in [0.25, 0.3) is 0 Å². The fourth-order valence-corrected chi connectivity index (χ4v) is 4.55. The number of nitrogens with zero attached hydrogens (tertiary/aromatic N) is 3. The molecule has 4 atom stereocenters. The molecule has 1 aliphatic rings. The third-order valence-corrected chi connectivity index (χ3v) is 7.83. The maximum atomic E-state index is 12.2. The van der Waals surface area contributed by atoms with E-state index in [1.807, 2.05) is 50.4 Å². The van der Waals surface area contributed by atoms with Crippen molar-refractivity contribution in [3.63, 3.8) is 0 Å². The van der Waals surface area contributed by atoms with Crippen LogP contribution in [0.5, 0.6) is 0 Å². The van der Waals surface area contributed by atoms with Crippen molar-refractivity contribution < 1.29 is 12.8 Å². The zero-order valence-electron chi connectivity index (χ0n) is 20.1. The van der Waals surface area contributed by atoms with Gasteiger partial charge in [-0.15, -0.1) is 0 Å². The first kappa shape index (κ1) is 24.2. The average Bonchev–Trinajstić information content (AvgIpc) is 3.31. The zero-order valence-corrected chi connectivity index (χ0v) is 20.9. The second kappa shape index (κ2) is 9.76. The van der Waals surface area contributed by atoms with Crippen molar-refractivity contribution in [3.8, 4) is 11.3 Å². The fourth-order valence-electron chi connectivity index (χ4n) is 3.99. The Morgan fingerprint density at radius 2 is 1.97 bits per heavy atom. The third kappa shape index (κ3) is 5.59. The van der Waals surface area contributed by atoms with Gasteiger partial charge in [-0.3, -0.25) is 4.72 Å². The van der Waals surface area contributed by atoms with E-state index in [9.17, 15) is 8.42 Å². The van der Waals surface area contributed by atoms with Crippen LogP contribution in [0, 0.1) is 11.8 Å². The standard InChI is InChI=1S/C25H33N5O3S/c1-5-34(31,32)29-22-12-19(13-23(28-22)30(4)15-20-11-16(20)2)21-14-27-25(33-21)17(3)24(26)18-9-7-6-8-10-18/h6-10,12-14,16-17,20,24H,5,11,15,26H2,1-4H3,(H,28,29). The van der Waals surface area contributed by atoms with E-state index in [0.29, 0.717) is 34.9 Å². The van der Waals surface area contributed by atoms with E-state index in [4.69, 9.17) is 10.2 Å². The minimum atomic E-state index is -3.48. The van der Waals surface area contributed by atoms with Crippen LogP contribution in [-0.2, 0) is 10.0 Å². The van der Waals surface area contributed by atoms with Crippen LogP contribution in [0.25, 0.3) is 11.3 Å². The molecule has 4 unspecified atom stereocenters. The molecule has 1 fully saturated rings. The van der Waals surface area contributed by atoms with Crippen LogP contribution in [0.15, 0.2) is 53.1 Å². The molecule has 0 amide bonds. The van der Waals surface area contributed by atoms with Gasteiger partial charge in [-0.2, -0.15) is 0 Å². The molecule has 0 bridgehead atoms. The molecule has 3 aromatic rings. The molecule has 4 rings (SSSR count). The summed E-state index contributed by atoms with van der Waals surface area (Å²) < 4.78 is 33.1. The average molecular weight is 484 g/mol. The van der Waals surface area contributed by atoms with Crippen molar-refractivity contribution in [3.05, 3.63) is 60.1 Å². The predicted molar refractivity (Wildman–Crippen MR) is 135 cm³/mol. The van der Waals surface area contributed by atoms with Crippen molar-refractivity contribution in [2.75, 3.05) is 29.0 Å². The molecule has 0 radical (unpaired) electrons. The maximum absolute atomic E-state index is 12.2. The molecule has 34 heavy (non-hydrogen) atoms. The molecule has 1 saturated carbocycles. The maximum Gasteiger partial charge on any atom is 0.233 e. The van der Waals surface area contributed by atoms with Crippen molar-refractivity contribution in [2.24, 2.45) is 17.6 Å². The number of oxazole rings is 1. The Morgan fingerprint density at radius 1 is 1.26 bits per heavy atom. The van der Waals surface area contributed by atoms with Gasteiger partial charge in [-0.05, 0) is 42.9 Å². The summed E-state index contributed by atoms with van der Waals surface area (Å²) in [6, 6.07) is 13.2. The molecule has 1 aliphatic carbocycles. The summed E-state index contributed by atoms with van der Waals surface area (Å²) >= 11 is 0. The monoisotopic (exact) mass is 483 g/mol. The highest BCUT2D eigenvalue weighted by Gasteiger charge is 2.33. The van der Waals surface area contributed by atoms with Crippen LogP contribution in [0.4, 0.5) is 11.6 Å². The van der Waals surface area contributed by atoms with E-state index in [-0.39, 0.29) is 23.5 Å². The van der Waals surface area contributed by atoms with Gasteiger partial charge in [0, 0.05) is 25.2 Å². The topological polar surface area (TPSA) is 114 Å². The predicted octanol–water partition coefficient (Wildman–Crippen LogP) is 4.39. The lowest BCUT2D eigenvalue weighted by molar-refractivity contribution is 0.431. The molecule has 8 nitrogen and oxygen atoms in total. The van der Waals surface area contributed by atoms with Crippen LogP contribution >= 0.6 is 0 Å². The molecule has 182 valence electrons. The SMILES string of the molecule is CCS(=O)(=O)Nc1cc(-c2cnc(C(C)C(N)c3ccccc3)o2)cc(N(C)CC2CC2C)n1. The van der Waals surface area contributed by atoms with Gasteiger partial charge in [0.1, 0.15) is 11.6 Å². The number of nitrogens with one attached hydrogen (secondary N) is 1. The number of aromatic nitrogens is 2. The smallest absolute Gasteiger partial charge is 0.233 e. The minimum Gasteiger partial charge on any atom is -0.440 e. The van der Waals surface area contributed by atoms with Crippen LogP contribution in [0.3, 0.4) is 0 Å². The fraction of sp³-hybridized carbons (Fsp3) is 0.440. The third-order valence-electron chi connectivity index (χ3n) is 6.55. The summed E-state index contributed by atoms with van der Waals surface area (Å²) in [4.78, 5) is 11.1. The van der Waals surface area contributed by atoms with E-state index in [0.717, 1.165) is 12.1 Å². The second-order valence-electron chi connectivity index (χ2n) is 9.25. The molecule has 3 N–H and O–H groups in total. The van der Waals surface area contributed by atoms with Gasteiger partial charge in [0.2, 0.25) is 10.0 Å². The Balaban J connectivity index is 1.63. The number of rotatable bonds is 10. The number of sulfonamides is 1. The summed E-state index contributed by atoms with van der Waals surface area (Å²) in [6.45, 7) is 6.67. The summed E-state index contributed by atoms with van der Waals surface area (Å²) in [5.74, 6) is 3.16. The lowest BCUT2D eigenvalue weighted by Gasteiger charge is -2.20. The molecular weight excluding hydrogens is 450 g/mol. The summed E-state index contributed by atoms with van der Waals surface area (Å²) in [7, 11) is -1.50. The number of pyridine rings is 1. The number of hydrogen-bond donors (Lipinski definition) is 2. The number of benzene rings is 1. The molecule has 2 aromatic heterocycles. The molecular formula is C25H33N5O3S. The molecule has 2 heterocycles. The van der Waals surface area contributed by atoms with Crippen molar-refractivity contribution in [1.29, 1.82) is 0 Å². The zero-order chi connectivity index (χ0) is 24.5. The Bertz CT molecular complexity index is 1230. The van der Waals surface area contributed by atoms with Gasteiger partial charge in [-0.25, -0.2) is 18.4 Å². The van der Waals surface area contributed by atoms with Crippen molar-refractivity contribution in [2.45, 2.75) is 39.2 Å². The molecule has 0 spiro atoms. The van der Waals surface area contributed by atoms with Gasteiger partial charge < -0.3 is 15.1 Å². The van der Waals surface area contributed by atoms with Gasteiger partial charge >= 0.3 is 0 Å². The van der Waals surface area contributed by atoms with Crippen LogP contribution in [0.1, 0.15) is 50.6 Å². The lowest BCUT2D eigenvalue weighted by Crippen LogP contribution is -2.23. The van der Waals surface area contributed by atoms with E-state index in [1.54, 1.807) is 19.2 Å². The van der Waals surface area contributed by atoms with E-state index >= 15 is 0 Å². The highest BCUT2D eigenvalue weighted by molar-refractivity contribution is 7.92. The molecule has 0 saturated heterocycles. The van der Waals surface area contributed by atoms with Crippen molar-refractivity contribution in [1.82, 2.24) is 9.97 Å². The Kier molecular flexibility index (Phi) is 6.95. The summed E-state index contributed by atoms with van der Waals surface area (Å²) in [5.41, 5.74) is 8.17. The van der Waals surface area contributed by atoms with Crippen molar-refractivity contribution >= 4 is 21.7 Å². The Hall–Kier alpha value is -2.91. The van der Waals surface area contributed by atoms with E-state index in [1.165, 1.54) is 6.42 Å². The van der Waals surface area contributed by atoms with Crippen LogP contribution in [-0.4, -0.2) is 37.7 Å². The number of hydrogen-bond acceptors (Lipinski definition) is 7. The Labute approximate surface area is 201 Å². The van der Waals surface area contributed by atoms with E-state index < -0.39 is 10.0 Å². The lowest BCUT2D eigenvalue weighted by atomic mass is 9.95. The molecule has 0 aliphatic heterocycles. The summed E-state index contributed by atoms with van der Waals surface area (Å²) in [5, 5.41) is 0. The highest BCUT2D eigenvalue weighted by atomic mass is 32.2. The van der Waals surface area contributed by atoms with Gasteiger partial charge in [-0.1, -0.05) is 44.2 Å². The molecule has 1 aromatic carbocycles. The van der Waals surface area contributed by atoms with Crippen LogP contribution in [0.2, 0.25) is 0 Å². The second-order valence-corrected chi connectivity index (χ2v) is 11.3. The quantitative estimate of drug-likeness (QED) is 0.439. The largest absolute Gasteiger partial charge is 0.440 e. The minimum absolute atomic E-state index is 0.0367. The first-order chi connectivity index (χ1) is 16.2. The Morgan fingerprint density at radius 3 is 2.62 bits per heavy atom. The van der Waals surface area contributed by atoms with Crippen LogP contribution < -0.4 is 15.4 Å². The normalized spacial score (nSPS) is 19.4. The highest BCUT2D eigenvalue weighted by Crippen LogP contribution is 2.39.